The molecular formula is C16H23BrN2. The summed E-state index contributed by atoms with van der Waals surface area (Å²) in [5, 5.41) is 3.84. The number of halogens is 1. The first kappa shape index (κ1) is 13.6. The molecule has 0 amide bonds. The lowest BCUT2D eigenvalue weighted by atomic mass is 9.96. The van der Waals surface area contributed by atoms with E-state index in [1.807, 2.05) is 0 Å². The van der Waals surface area contributed by atoms with E-state index in [9.17, 15) is 0 Å². The Morgan fingerprint density at radius 3 is 2.47 bits per heavy atom. The molecule has 3 heteroatoms. The van der Waals surface area contributed by atoms with Crippen LogP contribution in [0.3, 0.4) is 0 Å². The lowest BCUT2D eigenvalue weighted by molar-refractivity contribution is 0.144. The molecule has 2 bridgehead atoms. The predicted octanol–water partition coefficient (Wildman–Crippen LogP) is 3.72. The van der Waals surface area contributed by atoms with Crippen LogP contribution in [0.4, 0.5) is 0 Å². The summed E-state index contributed by atoms with van der Waals surface area (Å²) in [4.78, 5) is 2.60. The van der Waals surface area contributed by atoms with Gasteiger partial charge in [-0.25, -0.2) is 0 Å². The Hall–Kier alpha value is -0.380. The summed E-state index contributed by atoms with van der Waals surface area (Å²) in [5.74, 6) is 0. The molecule has 2 aliphatic heterocycles. The maximum Gasteiger partial charge on any atom is 0.0305 e. The molecule has 2 heterocycles. The second kappa shape index (κ2) is 5.55. The highest BCUT2D eigenvalue weighted by Gasteiger charge is 2.38. The molecule has 2 aliphatic rings. The van der Waals surface area contributed by atoms with Crippen molar-refractivity contribution in [1.82, 2.24) is 10.2 Å². The summed E-state index contributed by atoms with van der Waals surface area (Å²) in [7, 11) is 2.30. The molecule has 0 radical (unpaired) electrons. The van der Waals surface area contributed by atoms with Crippen molar-refractivity contribution in [3.63, 3.8) is 0 Å². The van der Waals surface area contributed by atoms with E-state index in [1.165, 1.54) is 35.7 Å². The van der Waals surface area contributed by atoms with Gasteiger partial charge in [-0.3, -0.25) is 0 Å². The van der Waals surface area contributed by atoms with Crippen LogP contribution in [0.25, 0.3) is 0 Å². The Labute approximate surface area is 124 Å². The topological polar surface area (TPSA) is 15.3 Å². The first-order chi connectivity index (χ1) is 9.15. The minimum absolute atomic E-state index is 0.420. The average molecular weight is 323 g/mol. The normalized spacial score (nSPS) is 32.5. The highest BCUT2D eigenvalue weighted by Crippen LogP contribution is 2.35. The lowest BCUT2D eigenvalue weighted by Crippen LogP contribution is -2.47. The second-order valence-corrected chi connectivity index (χ2v) is 6.98. The van der Waals surface area contributed by atoms with Gasteiger partial charge in [0, 0.05) is 28.6 Å². The summed E-state index contributed by atoms with van der Waals surface area (Å²) >= 11 is 3.66. The fourth-order valence-electron chi connectivity index (χ4n) is 3.82. The van der Waals surface area contributed by atoms with Gasteiger partial charge in [0.2, 0.25) is 0 Å². The maximum atomic E-state index is 3.84. The molecule has 2 saturated heterocycles. The zero-order valence-electron chi connectivity index (χ0n) is 11.8. The van der Waals surface area contributed by atoms with Crippen LogP contribution in [0, 0.1) is 0 Å². The van der Waals surface area contributed by atoms with Crippen LogP contribution >= 0.6 is 15.9 Å². The smallest absolute Gasteiger partial charge is 0.0305 e. The van der Waals surface area contributed by atoms with Crippen LogP contribution in [0.1, 0.15) is 44.2 Å². The van der Waals surface area contributed by atoms with Gasteiger partial charge in [-0.05, 0) is 51.3 Å². The largest absolute Gasteiger partial charge is 0.307 e. The van der Waals surface area contributed by atoms with Crippen molar-refractivity contribution in [2.24, 2.45) is 0 Å². The van der Waals surface area contributed by atoms with Gasteiger partial charge < -0.3 is 10.2 Å². The zero-order valence-corrected chi connectivity index (χ0v) is 13.4. The van der Waals surface area contributed by atoms with E-state index in [1.54, 1.807) is 0 Å². The first-order valence-corrected chi connectivity index (χ1v) is 8.17. The molecule has 1 N–H and O–H groups in total. The average Bonchev–Trinajstić information content (AvgIpc) is 2.63. The number of nitrogens with zero attached hydrogens (tertiary/aromatic N) is 1. The Balaban J connectivity index is 1.65. The van der Waals surface area contributed by atoms with Crippen molar-refractivity contribution < 1.29 is 0 Å². The summed E-state index contributed by atoms with van der Waals surface area (Å²) in [6, 6.07) is 11.3. The van der Waals surface area contributed by atoms with Crippen LogP contribution in [0.2, 0.25) is 0 Å². The van der Waals surface area contributed by atoms with Gasteiger partial charge in [-0.2, -0.15) is 0 Å². The van der Waals surface area contributed by atoms with Crippen LogP contribution in [0.5, 0.6) is 0 Å². The monoisotopic (exact) mass is 322 g/mol. The first-order valence-electron chi connectivity index (χ1n) is 7.37. The number of fused-ring (bicyclic) bond motifs is 2. The van der Waals surface area contributed by atoms with Gasteiger partial charge in [0.15, 0.2) is 0 Å². The molecule has 2 fully saturated rings. The standard InChI is InChI=1S/C16H23BrN2/c1-11(15-5-3-4-6-16(15)17)18-12-9-13-7-8-14(10-12)19(13)2/h3-6,11-14,18H,7-10H2,1-2H3/t11-,12?,13?,14?/m1/s1. The van der Waals surface area contributed by atoms with Gasteiger partial charge in [0.1, 0.15) is 0 Å². The third-order valence-electron chi connectivity index (χ3n) is 4.96. The number of piperidine rings is 1. The molecule has 3 atom stereocenters. The van der Waals surface area contributed by atoms with Crippen LogP contribution in [0.15, 0.2) is 28.7 Å². The van der Waals surface area contributed by atoms with E-state index < -0.39 is 0 Å². The van der Waals surface area contributed by atoms with Crippen molar-refractivity contribution in [2.45, 2.75) is 56.8 Å². The maximum absolute atomic E-state index is 3.84. The Morgan fingerprint density at radius 1 is 1.21 bits per heavy atom. The van der Waals surface area contributed by atoms with Crippen molar-refractivity contribution >= 4 is 15.9 Å². The van der Waals surface area contributed by atoms with Gasteiger partial charge in [-0.15, -0.1) is 0 Å². The number of hydrogen-bond donors (Lipinski definition) is 1. The quantitative estimate of drug-likeness (QED) is 0.912. The molecule has 0 spiro atoms. The Morgan fingerprint density at radius 2 is 1.84 bits per heavy atom. The van der Waals surface area contributed by atoms with E-state index in [2.05, 4.69) is 64.4 Å². The molecule has 0 aromatic heterocycles. The molecule has 3 rings (SSSR count). The molecule has 2 unspecified atom stereocenters. The van der Waals surface area contributed by atoms with Gasteiger partial charge in [0.05, 0.1) is 0 Å². The number of rotatable bonds is 3. The van der Waals surface area contributed by atoms with Crippen molar-refractivity contribution in [3.8, 4) is 0 Å². The molecule has 0 aliphatic carbocycles. The van der Waals surface area contributed by atoms with E-state index >= 15 is 0 Å². The summed E-state index contributed by atoms with van der Waals surface area (Å²) in [5.41, 5.74) is 1.37. The fraction of sp³-hybridized carbons (Fsp3) is 0.625. The Kier molecular flexibility index (Phi) is 3.97. The molecule has 0 saturated carbocycles. The molecular weight excluding hydrogens is 300 g/mol. The van der Waals surface area contributed by atoms with Gasteiger partial charge in [-0.1, -0.05) is 34.1 Å². The van der Waals surface area contributed by atoms with Crippen molar-refractivity contribution in [3.05, 3.63) is 34.3 Å². The molecule has 2 nitrogen and oxygen atoms in total. The van der Waals surface area contributed by atoms with E-state index in [4.69, 9.17) is 0 Å². The molecule has 1 aromatic rings. The zero-order chi connectivity index (χ0) is 13.4. The SMILES string of the molecule is C[C@@H](NC1CC2CCC(C1)N2C)c1ccccc1Br. The third-order valence-corrected chi connectivity index (χ3v) is 5.68. The van der Waals surface area contributed by atoms with Crippen LogP contribution < -0.4 is 5.32 Å². The number of hydrogen-bond acceptors (Lipinski definition) is 2. The summed E-state index contributed by atoms with van der Waals surface area (Å²) < 4.78 is 1.21. The fourth-order valence-corrected chi connectivity index (χ4v) is 4.45. The van der Waals surface area contributed by atoms with E-state index in [0.717, 1.165) is 12.1 Å². The van der Waals surface area contributed by atoms with Crippen molar-refractivity contribution in [1.29, 1.82) is 0 Å². The van der Waals surface area contributed by atoms with Gasteiger partial charge in [0.25, 0.3) is 0 Å². The third kappa shape index (κ3) is 2.74. The van der Waals surface area contributed by atoms with E-state index in [0.29, 0.717) is 12.1 Å². The second-order valence-electron chi connectivity index (χ2n) is 6.13. The predicted molar refractivity (Wildman–Crippen MR) is 83.3 cm³/mol. The Bertz CT molecular complexity index is 434. The highest BCUT2D eigenvalue weighted by molar-refractivity contribution is 9.10. The molecule has 104 valence electrons. The van der Waals surface area contributed by atoms with Crippen molar-refractivity contribution in [2.75, 3.05) is 7.05 Å². The van der Waals surface area contributed by atoms with E-state index in [-0.39, 0.29) is 0 Å². The minimum atomic E-state index is 0.420. The summed E-state index contributed by atoms with van der Waals surface area (Å²) in [6.45, 7) is 2.28. The van der Waals surface area contributed by atoms with Crippen LogP contribution in [-0.4, -0.2) is 30.1 Å². The van der Waals surface area contributed by atoms with Crippen LogP contribution in [-0.2, 0) is 0 Å². The number of nitrogens with one attached hydrogen (secondary N) is 1. The lowest BCUT2D eigenvalue weighted by Gasteiger charge is -2.38. The molecule has 19 heavy (non-hydrogen) atoms. The highest BCUT2D eigenvalue weighted by atomic mass is 79.9. The molecule has 1 aromatic carbocycles. The minimum Gasteiger partial charge on any atom is -0.307 e. The summed E-state index contributed by atoms with van der Waals surface area (Å²) in [6.07, 6.45) is 5.40. The van der Waals surface area contributed by atoms with Gasteiger partial charge >= 0.3 is 0 Å². The number of benzene rings is 1.